The molecule has 1 aromatic heterocycles. The van der Waals surface area contributed by atoms with Gasteiger partial charge in [-0.15, -0.1) is 22.9 Å². The fraction of sp³-hybridized carbons (Fsp3) is 0.636. The van der Waals surface area contributed by atoms with Crippen LogP contribution in [0.4, 0.5) is 0 Å². The highest BCUT2D eigenvalue weighted by atomic mass is 79.9. The zero-order valence-corrected chi connectivity index (χ0v) is 11.7. The van der Waals surface area contributed by atoms with E-state index >= 15 is 0 Å². The van der Waals surface area contributed by atoms with Crippen molar-refractivity contribution in [2.45, 2.75) is 31.2 Å². The monoisotopic (exact) mass is 308 g/mol. The van der Waals surface area contributed by atoms with Crippen LogP contribution in [0, 0.1) is 5.92 Å². The van der Waals surface area contributed by atoms with Crippen molar-refractivity contribution in [1.29, 1.82) is 0 Å². The van der Waals surface area contributed by atoms with Crippen LogP contribution in [0.5, 0.6) is 0 Å². The van der Waals surface area contributed by atoms with Crippen molar-refractivity contribution < 1.29 is 4.74 Å². The van der Waals surface area contributed by atoms with Crippen LogP contribution >= 0.6 is 38.9 Å². The van der Waals surface area contributed by atoms with Gasteiger partial charge in [0.25, 0.3) is 0 Å². The number of thiophene rings is 1. The summed E-state index contributed by atoms with van der Waals surface area (Å²) in [5.41, 5.74) is 0. The molecule has 2 rings (SSSR count). The molecule has 4 heteroatoms. The second kappa shape index (κ2) is 5.17. The SMILES string of the molecule is CCC1OCCC1C(Cl)c1sccc1Br. The predicted octanol–water partition coefficient (Wildman–Crippen LogP) is 4.61. The topological polar surface area (TPSA) is 9.23 Å². The van der Waals surface area contributed by atoms with Crippen LogP contribution in [0.25, 0.3) is 0 Å². The van der Waals surface area contributed by atoms with Gasteiger partial charge >= 0.3 is 0 Å². The van der Waals surface area contributed by atoms with Crippen LogP contribution in [-0.4, -0.2) is 12.7 Å². The molecule has 2 heterocycles. The first kappa shape index (κ1) is 11.9. The lowest BCUT2D eigenvalue weighted by molar-refractivity contribution is 0.0866. The summed E-state index contributed by atoms with van der Waals surface area (Å²) in [6.07, 6.45) is 2.47. The smallest absolute Gasteiger partial charge is 0.0743 e. The van der Waals surface area contributed by atoms with Crippen LogP contribution in [0.3, 0.4) is 0 Å². The van der Waals surface area contributed by atoms with E-state index in [1.54, 1.807) is 11.3 Å². The van der Waals surface area contributed by atoms with E-state index in [0.717, 1.165) is 23.9 Å². The van der Waals surface area contributed by atoms with Gasteiger partial charge in [0.15, 0.2) is 0 Å². The van der Waals surface area contributed by atoms with Crippen LogP contribution in [-0.2, 0) is 4.74 Å². The lowest BCUT2D eigenvalue weighted by atomic mass is 9.95. The van der Waals surface area contributed by atoms with Gasteiger partial charge in [0, 0.05) is 21.9 Å². The number of alkyl halides is 1. The standard InChI is InChI=1S/C11H14BrClOS/c1-2-9-7(3-5-14-9)10(13)11-8(12)4-6-15-11/h4,6-7,9-10H,2-3,5H2,1H3. The summed E-state index contributed by atoms with van der Waals surface area (Å²) in [6, 6.07) is 2.06. The van der Waals surface area contributed by atoms with E-state index in [-0.39, 0.29) is 5.38 Å². The van der Waals surface area contributed by atoms with E-state index in [1.807, 2.05) is 0 Å². The molecule has 3 unspecified atom stereocenters. The van der Waals surface area contributed by atoms with Crippen LogP contribution < -0.4 is 0 Å². The van der Waals surface area contributed by atoms with E-state index in [1.165, 1.54) is 4.88 Å². The molecule has 3 atom stereocenters. The molecular weight excluding hydrogens is 296 g/mol. The van der Waals surface area contributed by atoms with Gasteiger partial charge in [0.05, 0.1) is 11.5 Å². The summed E-state index contributed by atoms with van der Waals surface area (Å²) in [5.74, 6) is 0.464. The van der Waals surface area contributed by atoms with E-state index in [9.17, 15) is 0 Å². The minimum absolute atomic E-state index is 0.0897. The summed E-state index contributed by atoms with van der Waals surface area (Å²) in [6.45, 7) is 3.02. The Kier molecular flexibility index (Phi) is 4.10. The minimum atomic E-state index is 0.0897. The van der Waals surface area contributed by atoms with Gasteiger partial charge in [-0.25, -0.2) is 0 Å². The van der Waals surface area contributed by atoms with E-state index < -0.39 is 0 Å². The molecule has 0 bridgehead atoms. The highest BCUT2D eigenvalue weighted by Crippen LogP contribution is 2.43. The third kappa shape index (κ3) is 2.41. The predicted molar refractivity (Wildman–Crippen MR) is 68.8 cm³/mol. The van der Waals surface area contributed by atoms with Crippen molar-refractivity contribution in [2.24, 2.45) is 5.92 Å². The fourth-order valence-corrected chi connectivity index (χ4v) is 4.48. The van der Waals surface area contributed by atoms with Crippen molar-refractivity contribution in [3.05, 3.63) is 20.8 Å². The molecule has 1 aromatic rings. The second-order valence-electron chi connectivity index (χ2n) is 3.80. The third-order valence-corrected chi connectivity index (χ3v) is 5.56. The second-order valence-corrected chi connectivity index (χ2v) is 6.08. The highest BCUT2D eigenvalue weighted by molar-refractivity contribution is 9.10. The maximum Gasteiger partial charge on any atom is 0.0743 e. The van der Waals surface area contributed by atoms with Crippen molar-refractivity contribution in [2.75, 3.05) is 6.61 Å². The van der Waals surface area contributed by atoms with E-state index in [4.69, 9.17) is 16.3 Å². The molecule has 1 fully saturated rings. The highest BCUT2D eigenvalue weighted by Gasteiger charge is 2.34. The Morgan fingerprint density at radius 2 is 2.53 bits per heavy atom. The Labute approximate surface area is 108 Å². The molecule has 1 aliphatic heterocycles. The summed E-state index contributed by atoms with van der Waals surface area (Å²) < 4.78 is 6.81. The van der Waals surface area contributed by atoms with Gasteiger partial charge in [0.1, 0.15) is 0 Å². The Hall–Kier alpha value is 0.430. The van der Waals surface area contributed by atoms with E-state index in [2.05, 4.69) is 34.3 Å². The zero-order valence-electron chi connectivity index (χ0n) is 8.58. The molecule has 84 valence electrons. The molecule has 0 amide bonds. The Balaban J connectivity index is 2.13. The average molecular weight is 310 g/mol. The maximum absolute atomic E-state index is 6.53. The number of rotatable bonds is 3. The first-order chi connectivity index (χ1) is 7.24. The molecule has 0 radical (unpaired) electrons. The zero-order chi connectivity index (χ0) is 10.8. The van der Waals surface area contributed by atoms with Gasteiger partial charge in [-0.05, 0) is 40.2 Å². The van der Waals surface area contributed by atoms with Gasteiger partial charge < -0.3 is 4.74 Å². The van der Waals surface area contributed by atoms with Crippen LogP contribution in [0.15, 0.2) is 15.9 Å². The summed E-state index contributed by atoms with van der Waals surface area (Å²) in [7, 11) is 0. The molecule has 0 aromatic carbocycles. The van der Waals surface area contributed by atoms with Crippen LogP contribution in [0.1, 0.15) is 30.0 Å². The quantitative estimate of drug-likeness (QED) is 0.741. The molecule has 1 aliphatic rings. The van der Waals surface area contributed by atoms with Gasteiger partial charge in [-0.1, -0.05) is 6.92 Å². The van der Waals surface area contributed by atoms with Crippen LogP contribution in [0.2, 0.25) is 0 Å². The minimum Gasteiger partial charge on any atom is -0.378 e. The van der Waals surface area contributed by atoms with Gasteiger partial charge in [-0.3, -0.25) is 0 Å². The lowest BCUT2D eigenvalue weighted by Crippen LogP contribution is -2.18. The Morgan fingerprint density at radius 3 is 3.13 bits per heavy atom. The number of hydrogen-bond acceptors (Lipinski definition) is 2. The van der Waals surface area contributed by atoms with E-state index in [0.29, 0.717) is 12.0 Å². The van der Waals surface area contributed by atoms with Crippen molar-refractivity contribution in [1.82, 2.24) is 0 Å². The molecule has 1 saturated heterocycles. The normalized spacial score (nSPS) is 28.2. The summed E-state index contributed by atoms with van der Waals surface area (Å²) >= 11 is 11.8. The number of hydrogen-bond donors (Lipinski definition) is 0. The average Bonchev–Trinajstić information content (AvgIpc) is 2.84. The first-order valence-corrected chi connectivity index (χ1v) is 7.33. The molecule has 15 heavy (non-hydrogen) atoms. The summed E-state index contributed by atoms with van der Waals surface area (Å²) in [4.78, 5) is 1.24. The lowest BCUT2D eigenvalue weighted by Gasteiger charge is -2.21. The molecule has 0 N–H and O–H groups in total. The molecule has 0 spiro atoms. The largest absolute Gasteiger partial charge is 0.378 e. The number of ether oxygens (including phenoxy) is 1. The molecule has 0 aliphatic carbocycles. The Morgan fingerprint density at radius 1 is 1.73 bits per heavy atom. The van der Waals surface area contributed by atoms with Crippen molar-refractivity contribution in [3.63, 3.8) is 0 Å². The Bertz CT molecular complexity index is 328. The summed E-state index contributed by atoms with van der Waals surface area (Å²) in [5, 5.41) is 2.16. The van der Waals surface area contributed by atoms with Gasteiger partial charge in [-0.2, -0.15) is 0 Å². The fourth-order valence-electron chi connectivity index (χ4n) is 2.12. The molecule has 0 saturated carbocycles. The molecular formula is C11H14BrClOS. The van der Waals surface area contributed by atoms with Crippen molar-refractivity contribution in [3.8, 4) is 0 Å². The van der Waals surface area contributed by atoms with Crippen molar-refractivity contribution >= 4 is 38.9 Å². The third-order valence-electron chi connectivity index (χ3n) is 2.93. The number of halogens is 2. The first-order valence-electron chi connectivity index (χ1n) is 5.22. The molecule has 1 nitrogen and oxygen atoms in total. The maximum atomic E-state index is 6.53. The van der Waals surface area contributed by atoms with Gasteiger partial charge in [0.2, 0.25) is 0 Å².